The van der Waals surface area contributed by atoms with Crippen LogP contribution in [0.2, 0.25) is 0 Å². The zero-order valence-electron chi connectivity index (χ0n) is 19.4. The predicted octanol–water partition coefficient (Wildman–Crippen LogP) is 1.41. The van der Waals surface area contributed by atoms with Gasteiger partial charge in [0.05, 0.1) is 0 Å². The summed E-state index contributed by atoms with van der Waals surface area (Å²) in [5, 5.41) is 75.1. The molecule has 0 aromatic rings. The van der Waals surface area contributed by atoms with Crippen molar-refractivity contribution in [2.75, 3.05) is 0 Å². The molecule has 4 fully saturated rings. The first-order valence-electron chi connectivity index (χ1n) is 12.1. The van der Waals surface area contributed by atoms with Gasteiger partial charge in [-0.2, -0.15) is 0 Å². The summed E-state index contributed by atoms with van der Waals surface area (Å²) in [6.07, 6.45) is 2.46. The molecule has 8 heteroatoms. The second kappa shape index (κ2) is 7.36. The third-order valence-corrected chi connectivity index (χ3v) is 10.6. The van der Waals surface area contributed by atoms with Gasteiger partial charge in [-0.25, -0.2) is 0 Å². The number of carboxylic acids is 1. The second-order valence-corrected chi connectivity index (χ2v) is 12.1. The van der Waals surface area contributed by atoms with E-state index in [-0.39, 0.29) is 61.7 Å². The first-order valence-corrected chi connectivity index (χ1v) is 12.1. The van der Waals surface area contributed by atoms with Gasteiger partial charge in [-0.15, -0.1) is 0 Å². The van der Waals surface area contributed by atoms with E-state index < -0.39 is 40.1 Å². The van der Waals surface area contributed by atoms with Gasteiger partial charge in [0, 0.05) is 43.4 Å². The van der Waals surface area contributed by atoms with Crippen molar-refractivity contribution in [1.82, 2.24) is 0 Å². The van der Waals surface area contributed by atoms with E-state index in [9.17, 15) is 35.4 Å². The van der Waals surface area contributed by atoms with Crippen LogP contribution in [0.3, 0.4) is 0 Å². The standard InChI is InChI=1S/C24H40O8/c1-13(4-7-18(25)26)15-5-6-16-19-17(12-24(31,32)21(15,16)3)20(2)8-9-22(27,28)10-14(20)11-23(19,29)30/h13-17,19,27-32H,4-12H2,1-3H3,(H,25,26)/t13-,14+,15-,16+,17+,19+,20+,21-/m1/s1. The Bertz CT molecular complexity index is 763. The average Bonchev–Trinajstić information content (AvgIpc) is 3.00. The average molecular weight is 457 g/mol. The highest BCUT2D eigenvalue weighted by Crippen LogP contribution is 2.72. The number of aliphatic carboxylic acids is 1. The van der Waals surface area contributed by atoms with Crippen LogP contribution in [0.15, 0.2) is 0 Å². The lowest BCUT2D eigenvalue weighted by atomic mass is 9.41. The summed E-state index contributed by atoms with van der Waals surface area (Å²) >= 11 is 0. The van der Waals surface area contributed by atoms with Gasteiger partial charge in [0.1, 0.15) is 0 Å². The third-order valence-electron chi connectivity index (χ3n) is 10.6. The van der Waals surface area contributed by atoms with Gasteiger partial charge in [0.25, 0.3) is 0 Å². The molecule has 0 aromatic carbocycles. The Kier molecular flexibility index (Phi) is 5.60. The van der Waals surface area contributed by atoms with Gasteiger partial charge in [-0.05, 0) is 60.7 Å². The number of rotatable bonds is 4. The smallest absolute Gasteiger partial charge is 0.303 e. The van der Waals surface area contributed by atoms with Crippen LogP contribution in [0.4, 0.5) is 0 Å². The van der Waals surface area contributed by atoms with Crippen LogP contribution in [0.25, 0.3) is 0 Å². The van der Waals surface area contributed by atoms with Crippen LogP contribution >= 0.6 is 0 Å². The molecule has 4 rings (SSSR count). The van der Waals surface area contributed by atoms with Crippen LogP contribution in [0.1, 0.15) is 78.6 Å². The number of aliphatic hydroxyl groups is 6. The SMILES string of the molecule is C[C@H](CCC(=O)O)[C@H]1CC[C@H]2[C@H]3[C@H](CC(O)(O)[C@]12C)[C@@]1(C)CCC(O)(O)C[C@H]1CC3(O)O. The van der Waals surface area contributed by atoms with Gasteiger partial charge in [0.2, 0.25) is 0 Å². The highest BCUT2D eigenvalue weighted by atomic mass is 16.5. The Hall–Kier alpha value is -0.770. The van der Waals surface area contributed by atoms with E-state index >= 15 is 0 Å². The van der Waals surface area contributed by atoms with E-state index in [1.807, 2.05) is 20.8 Å². The summed E-state index contributed by atoms with van der Waals surface area (Å²) in [4.78, 5) is 11.1. The van der Waals surface area contributed by atoms with E-state index in [2.05, 4.69) is 0 Å². The fourth-order valence-electron chi connectivity index (χ4n) is 8.73. The fourth-order valence-corrected chi connectivity index (χ4v) is 8.73. The molecule has 0 aliphatic heterocycles. The van der Waals surface area contributed by atoms with Crippen LogP contribution in [0, 0.1) is 46.3 Å². The topological polar surface area (TPSA) is 159 Å². The lowest BCUT2D eigenvalue weighted by molar-refractivity contribution is -0.372. The molecule has 8 nitrogen and oxygen atoms in total. The largest absolute Gasteiger partial charge is 0.481 e. The Balaban J connectivity index is 1.71. The molecule has 0 aromatic heterocycles. The fraction of sp³-hybridized carbons (Fsp3) is 0.958. The molecular weight excluding hydrogens is 416 g/mol. The molecule has 4 aliphatic carbocycles. The number of carboxylic acid groups (broad SMARTS) is 1. The maximum Gasteiger partial charge on any atom is 0.303 e. The van der Waals surface area contributed by atoms with Crippen LogP contribution in [0.5, 0.6) is 0 Å². The summed E-state index contributed by atoms with van der Waals surface area (Å²) in [7, 11) is 0. The summed E-state index contributed by atoms with van der Waals surface area (Å²) in [5.41, 5.74) is -1.45. The van der Waals surface area contributed by atoms with Crippen LogP contribution in [-0.2, 0) is 4.79 Å². The van der Waals surface area contributed by atoms with Gasteiger partial charge in [-0.3, -0.25) is 4.79 Å². The monoisotopic (exact) mass is 456 g/mol. The van der Waals surface area contributed by atoms with Gasteiger partial charge in [0.15, 0.2) is 17.4 Å². The minimum atomic E-state index is -2.04. The highest BCUT2D eigenvalue weighted by Gasteiger charge is 2.73. The molecule has 0 spiro atoms. The molecule has 0 radical (unpaired) electrons. The number of fused-ring (bicyclic) bond motifs is 5. The number of hydrogen-bond acceptors (Lipinski definition) is 7. The second-order valence-electron chi connectivity index (χ2n) is 12.1. The first-order chi connectivity index (χ1) is 14.6. The Morgan fingerprint density at radius 3 is 2.22 bits per heavy atom. The summed E-state index contributed by atoms with van der Waals surface area (Å²) in [5.74, 6) is -8.61. The Morgan fingerprint density at radius 1 is 0.938 bits per heavy atom. The molecule has 0 unspecified atom stereocenters. The molecule has 0 amide bonds. The van der Waals surface area contributed by atoms with Crippen LogP contribution in [-0.4, -0.2) is 59.1 Å². The Labute approximate surface area is 189 Å². The molecule has 8 atom stereocenters. The first kappa shape index (κ1) is 24.4. The van der Waals surface area contributed by atoms with Crippen molar-refractivity contribution in [2.24, 2.45) is 46.3 Å². The van der Waals surface area contributed by atoms with E-state index in [1.54, 1.807) is 0 Å². The molecule has 7 N–H and O–H groups in total. The number of hydrogen-bond donors (Lipinski definition) is 7. The molecule has 0 bridgehead atoms. The van der Waals surface area contributed by atoms with Crippen LogP contribution < -0.4 is 0 Å². The quantitative estimate of drug-likeness (QED) is 0.313. The minimum absolute atomic E-state index is 0.00740. The summed E-state index contributed by atoms with van der Waals surface area (Å²) < 4.78 is 0. The predicted molar refractivity (Wildman–Crippen MR) is 114 cm³/mol. The molecule has 184 valence electrons. The van der Waals surface area contributed by atoms with Crippen molar-refractivity contribution in [3.05, 3.63) is 0 Å². The third kappa shape index (κ3) is 3.45. The molecule has 0 heterocycles. The number of carbonyl (C=O) groups is 1. The Morgan fingerprint density at radius 2 is 1.59 bits per heavy atom. The van der Waals surface area contributed by atoms with Crippen molar-refractivity contribution in [3.63, 3.8) is 0 Å². The minimum Gasteiger partial charge on any atom is -0.481 e. The van der Waals surface area contributed by atoms with Gasteiger partial charge in [-0.1, -0.05) is 20.8 Å². The van der Waals surface area contributed by atoms with E-state index in [1.165, 1.54) is 0 Å². The molecule has 32 heavy (non-hydrogen) atoms. The van der Waals surface area contributed by atoms with E-state index in [4.69, 9.17) is 5.11 Å². The van der Waals surface area contributed by atoms with Crippen molar-refractivity contribution in [1.29, 1.82) is 0 Å². The van der Waals surface area contributed by atoms with E-state index in [0.29, 0.717) is 25.7 Å². The zero-order chi connectivity index (χ0) is 23.9. The molecule has 4 saturated carbocycles. The van der Waals surface area contributed by atoms with Crippen molar-refractivity contribution in [3.8, 4) is 0 Å². The van der Waals surface area contributed by atoms with Crippen molar-refractivity contribution < 1.29 is 40.5 Å². The molecular formula is C24H40O8. The lowest BCUT2D eigenvalue weighted by Crippen LogP contribution is -2.70. The van der Waals surface area contributed by atoms with E-state index in [0.717, 1.165) is 0 Å². The zero-order valence-corrected chi connectivity index (χ0v) is 19.4. The van der Waals surface area contributed by atoms with Gasteiger partial charge < -0.3 is 35.7 Å². The molecule has 0 saturated heterocycles. The highest BCUT2D eigenvalue weighted by molar-refractivity contribution is 5.66. The van der Waals surface area contributed by atoms with Gasteiger partial charge >= 0.3 is 5.97 Å². The molecule has 4 aliphatic rings. The lowest BCUT2D eigenvalue weighted by Gasteiger charge is -2.67. The van der Waals surface area contributed by atoms with Crippen molar-refractivity contribution >= 4 is 5.97 Å². The maximum absolute atomic E-state index is 11.5. The normalized spacial score (nSPS) is 47.1. The van der Waals surface area contributed by atoms with Crippen molar-refractivity contribution in [2.45, 2.75) is 95.9 Å². The summed E-state index contributed by atoms with van der Waals surface area (Å²) in [6, 6.07) is 0. The maximum atomic E-state index is 11.5. The summed E-state index contributed by atoms with van der Waals surface area (Å²) in [6.45, 7) is 5.82.